The predicted molar refractivity (Wildman–Crippen MR) is 63.4 cm³/mol. The first-order chi connectivity index (χ1) is 8.29. The first-order valence-corrected chi connectivity index (χ1v) is 5.98. The number of rotatable bonds is 3. The van der Waals surface area contributed by atoms with Crippen molar-refractivity contribution in [3.63, 3.8) is 0 Å². The minimum atomic E-state index is 0.0206. The van der Waals surface area contributed by atoms with Gasteiger partial charge < -0.3 is 10.1 Å². The van der Waals surface area contributed by atoms with Gasteiger partial charge in [-0.15, -0.1) is 0 Å². The van der Waals surface area contributed by atoms with Crippen LogP contribution in [0.1, 0.15) is 26.2 Å². The monoisotopic (exact) mass is 235 g/mol. The summed E-state index contributed by atoms with van der Waals surface area (Å²) in [4.78, 5) is 19.9. The minimum Gasteiger partial charge on any atom is -0.378 e. The quantitative estimate of drug-likeness (QED) is 0.864. The van der Waals surface area contributed by atoms with Crippen LogP contribution in [0.2, 0.25) is 0 Å². The highest BCUT2D eigenvalue weighted by molar-refractivity contribution is 5.91. The Morgan fingerprint density at radius 3 is 3.18 bits per heavy atom. The summed E-state index contributed by atoms with van der Waals surface area (Å²) in [5.74, 6) is 0.556. The topological polar surface area (TPSA) is 64.1 Å². The van der Waals surface area contributed by atoms with Gasteiger partial charge in [-0.2, -0.15) is 0 Å². The Morgan fingerprint density at radius 2 is 2.47 bits per heavy atom. The number of carbonyl (C=O) groups is 1. The molecular weight excluding hydrogens is 218 g/mol. The molecule has 92 valence electrons. The van der Waals surface area contributed by atoms with Gasteiger partial charge in [-0.1, -0.05) is 6.92 Å². The predicted octanol–water partition coefficient (Wildman–Crippen LogP) is 1.62. The van der Waals surface area contributed by atoms with Crippen LogP contribution in [0.5, 0.6) is 0 Å². The molecular formula is C12H17N3O2. The van der Waals surface area contributed by atoms with E-state index in [0.717, 1.165) is 19.3 Å². The van der Waals surface area contributed by atoms with Crippen molar-refractivity contribution in [2.45, 2.75) is 32.3 Å². The maximum Gasteiger partial charge on any atom is 0.228 e. The highest BCUT2D eigenvalue weighted by Crippen LogP contribution is 2.23. The van der Waals surface area contributed by atoms with Crippen LogP contribution in [0.25, 0.3) is 0 Å². The molecule has 1 fully saturated rings. The lowest BCUT2D eigenvalue weighted by Crippen LogP contribution is -2.33. The van der Waals surface area contributed by atoms with E-state index < -0.39 is 0 Å². The first kappa shape index (κ1) is 12.0. The molecule has 1 amide bonds. The molecule has 0 spiro atoms. The minimum absolute atomic E-state index is 0.0206. The zero-order chi connectivity index (χ0) is 12.1. The Labute approximate surface area is 101 Å². The summed E-state index contributed by atoms with van der Waals surface area (Å²) in [7, 11) is 0. The molecule has 5 nitrogen and oxygen atoms in total. The molecule has 17 heavy (non-hydrogen) atoms. The van der Waals surface area contributed by atoms with Crippen LogP contribution in [0, 0.1) is 5.92 Å². The number of aromatic nitrogens is 2. The van der Waals surface area contributed by atoms with E-state index in [4.69, 9.17) is 4.74 Å². The summed E-state index contributed by atoms with van der Waals surface area (Å²) in [6.45, 7) is 2.74. The van der Waals surface area contributed by atoms with E-state index in [-0.39, 0.29) is 17.9 Å². The fraction of sp³-hybridized carbons (Fsp3) is 0.583. The Hall–Kier alpha value is -1.49. The lowest BCUT2D eigenvalue weighted by molar-refractivity contribution is -0.124. The second kappa shape index (κ2) is 5.72. The second-order valence-corrected chi connectivity index (χ2v) is 4.20. The van der Waals surface area contributed by atoms with Gasteiger partial charge >= 0.3 is 0 Å². The van der Waals surface area contributed by atoms with Crippen molar-refractivity contribution in [1.82, 2.24) is 9.97 Å². The van der Waals surface area contributed by atoms with Gasteiger partial charge in [-0.05, 0) is 19.3 Å². The molecule has 0 aliphatic carbocycles. The number of carbonyl (C=O) groups excluding carboxylic acids is 1. The van der Waals surface area contributed by atoms with Gasteiger partial charge in [0.05, 0.1) is 12.3 Å². The van der Waals surface area contributed by atoms with Gasteiger partial charge in [0.15, 0.2) is 5.82 Å². The van der Waals surface area contributed by atoms with Crippen molar-refractivity contribution < 1.29 is 9.53 Å². The first-order valence-electron chi connectivity index (χ1n) is 5.98. The molecule has 2 atom stereocenters. The van der Waals surface area contributed by atoms with E-state index in [1.165, 1.54) is 0 Å². The molecule has 5 heteroatoms. The standard InChI is InChI=1S/C12H17N3O2/c1-2-10-7-9(3-6-17-10)12(16)15-11-8-13-4-5-14-11/h4-5,8-10H,2-3,6-7H2,1H3,(H,14,15,16)/t9-,10-/m0/s1. The maximum absolute atomic E-state index is 12.0. The summed E-state index contributed by atoms with van der Waals surface area (Å²) in [5.41, 5.74) is 0. The zero-order valence-electron chi connectivity index (χ0n) is 9.93. The number of hydrogen-bond acceptors (Lipinski definition) is 4. The van der Waals surface area contributed by atoms with Crippen molar-refractivity contribution in [2.75, 3.05) is 11.9 Å². The van der Waals surface area contributed by atoms with Crippen LogP contribution in [-0.4, -0.2) is 28.6 Å². The molecule has 0 unspecified atom stereocenters. The molecule has 1 saturated heterocycles. The molecule has 1 N–H and O–H groups in total. The van der Waals surface area contributed by atoms with Gasteiger partial charge in [-0.3, -0.25) is 9.78 Å². The molecule has 2 rings (SSSR count). The largest absolute Gasteiger partial charge is 0.378 e. The molecule has 1 aliphatic rings. The Bertz CT molecular complexity index is 369. The van der Waals surface area contributed by atoms with E-state index >= 15 is 0 Å². The van der Waals surface area contributed by atoms with E-state index in [2.05, 4.69) is 22.2 Å². The van der Waals surface area contributed by atoms with Crippen LogP contribution in [0.3, 0.4) is 0 Å². The number of anilines is 1. The molecule has 0 bridgehead atoms. The Morgan fingerprint density at radius 1 is 1.59 bits per heavy atom. The Kier molecular flexibility index (Phi) is 4.03. The summed E-state index contributed by atoms with van der Waals surface area (Å²) < 4.78 is 5.55. The van der Waals surface area contributed by atoms with Crippen molar-refractivity contribution in [3.8, 4) is 0 Å². The van der Waals surface area contributed by atoms with Crippen LogP contribution in [0.4, 0.5) is 5.82 Å². The summed E-state index contributed by atoms with van der Waals surface area (Å²) in [6.07, 6.45) is 7.43. The van der Waals surface area contributed by atoms with Gasteiger partial charge in [0.1, 0.15) is 0 Å². The molecule has 0 radical (unpaired) electrons. The highest BCUT2D eigenvalue weighted by atomic mass is 16.5. The van der Waals surface area contributed by atoms with Gasteiger partial charge in [-0.25, -0.2) is 4.98 Å². The lowest BCUT2D eigenvalue weighted by Gasteiger charge is -2.27. The molecule has 2 heterocycles. The number of hydrogen-bond donors (Lipinski definition) is 1. The molecule has 1 aromatic heterocycles. The number of ether oxygens (including phenoxy) is 1. The third-order valence-electron chi connectivity index (χ3n) is 3.01. The third kappa shape index (κ3) is 3.23. The number of nitrogens with zero attached hydrogens (tertiary/aromatic N) is 2. The fourth-order valence-corrected chi connectivity index (χ4v) is 1.99. The van der Waals surface area contributed by atoms with E-state index in [9.17, 15) is 4.79 Å². The normalized spacial score (nSPS) is 24.3. The molecule has 1 aromatic rings. The molecule has 1 aliphatic heterocycles. The number of amides is 1. The van der Waals surface area contributed by atoms with Gasteiger partial charge in [0.2, 0.25) is 5.91 Å². The smallest absolute Gasteiger partial charge is 0.228 e. The average molecular weight is 235 g/mol. The SMILES string of the molecule is CC[C@H]1C[C@@H](C(=O)Nc2cnccn2)CCO1. The van der Waals surface area contributed by atoms with Gasteiger partial charge in [0.25, 0.3) is 0 Å². The summed E-state index contributed by atoms with van der Waals surface area (Å²) in [6, 6.07) is 0. The van der Waals surface area contributed by atoms with Crippen LogP contribution >= 0.6 is 0 Å². The van der Waals surface area contributed by atoms with E-state index in [0.29, 0.717) is 12.4 Å². The van der Waals surface area contributed by atoms with Crippen LogP contribution in [-0.2, 0) is 9.53 Å². The maximum atomic E-state index is 12.0. The third-order valence-corrected chi connectivity index (χ3v) is 3.01. The lowest BCUT2D eigenvalue weighted by atomic mass is 9.93. The average Bonchev–Trinajstić information content (AvgIpc) is 2.40. The van der Waals surface area contributed by atoms with Crippen LogP contribution < -0.4 is 5.32 Å². The van der Waals surface area contributed by atoms with Crippen molar-refractivity contribution >= 4 is 11.7 Å². The van der Waals surface area contributed by atoms with Crippen LogP contribution in [0.15, 0.2) is 18.6 Å². The molecule has 0 aromatic carbocycles. The summed E-state index contributed by atoms with van der Waals surface area (Å²) >= 11 is 0. The van der Waals surface area contributed by atoms with E-state index in [1.54, 1.807) is 18.6 Å². The van der Waals surface area contributed by atoms with Crippen molar-refractivity contribution in [3.05, 3.63) is 18.6 Å². The highest BCUT2D eigenvalue weighted by Gasteiger charge is 2.27. The summed E-state index contributed by atoms with van der Waals surface area (Å²) in [5, 5.41) is 2.79. The number of nitrogens with one attached hydrogen (secondary N) is 1. The van der Waals surface area contributed by atoms with Crippen molar-refractivity contribution in [2.24, 2.45) is 5.92 Å². The Balaban J connectivity index is 1.91. The molecule has 0 saturated carbocycles. The van der Waals surface area contributed by atoms with Crippen molar-refractivity contribution in [1.29, 1.82) is 0 Å². The van der Waals surface area contributed by atoms with E-state index in [1.807, 2.05) is 0 Å². The fourth-order valence-electron chi connectivity index (χ4n) is 1.99. The van der Waals surface area contributed by atoms with Gasteiger partial charge in [0, 0.05) is 24.9 Å². The zero-order valence-corrected chi connectivity index (χ0v) is 9.93. The second-order valence-electron chi connectivity index (χ2n) is 4.20.